The summed E-state index contributed by atoms with van der Waals surface area (Å²) in [6.07, 6.45) is -2.15. The molecule has 1 aliphatic carbocycles. The SMILES string of the molecule is C=C(F)C(=O)N1CC(n2nc(-c3ccc(C(F)(F)F)cc3)c3cccc(C(=O)NC4CCC(C(N)=O)CC4)c32)C1. The highest BCUT2D eigenvalue weighted by Crippen LogP contribution is 2.37. The molecule has 12 heteroatoms. The van der Waals surface area contributed by atoms with Crippen LogP contribution in [0.3, 0.4) is 0 Å². The molecule has 2 fully saturated rings. The molecular formula is C28H27F4N5O3. The van der Waals surface area contributed by atoms with Crippen molar-refractivity contribution in [3.8, 4) is 11.3 Å². The van der Waals surface area contributed by atoms with E-state index in [2.05, 4.69) is 17.0 Å². The third-order valence-corrected chi connectivity index (χ3v) is 7.65. The lowest BCUT2D eigenvalue weighted by molar-refractivity contribution is -0.137. The predicted molar refractivity (Wildman–Crippen MR) is 138 cm³/mol. The van der Waals surface area contributed by atoms with Gasteiger partial charge in [0, 0.05) is 36.0 Å². The minimum Gasteiger partial charge on any atom is -0.369 e. The Labute approximate surface area is 226 Å². The van der Waals surface area contributed by atoms with Crippen molar-refractivity contribution in [3.63, 3.8) is 0 Å². The summed E-state index contributed by atoms with van der Waals surface area (Å²) in [5, 5.41) is 8.25. The monoisotopic (exact) mass is 557 g/mol. The number of carbonyl (C=O) groups is 3. The Kier molecular flexibility index (Phi) is 7.11. The van der Waals surface area contributed by atoms with Crippen molar-refractivity contribution in [3.05, 3.63) is 66.0 Å². The summed E-state index contributed by atoms with van der Waals surface area (Å²) in [6, 6.07) is 9.06. The van der Waals surface area contributed by atoms with Crippen molar-refractivity contribution < 1.29 is 31.9 Å². The summed E-state index contributed by atoms with van der Waals surface area (Å²) in [5.74, 6) is -2.84. The zero-order chi connectivity index (χ0) is 28.8. The van der Waals surface area contributed by atoms with Gasteiger partial charge in [-0.05, 0) is 43.9 Å². The number of nitrogens with one attached hydrogen (secondary N) is 1. The van der Waals surface area contributed by atoms with Gasteiger partial charge in [-0.1, -0.05) is 30.8 Å². The molecule has 8 nitrogen and oxygen atoms in total. The van der Waals surface area contributed by atoms with Crippen LogP contribution in [0.15, 0.2) is 54.9 Å². The van der Waals surface area contributed by atoms with Gasteiger partial charge in [-0.25, -0.2) is 4.39 Å². The highest BCUT2D eigenvalue weighted by molar-refractivity contribution is 6.09. The van der Waals surface area contributed by atoms with Crippen LogP contribution in [-0.4, -0.2) is 51.5 Å². The Morgan fingerprint density at radius 3 is 2.23 bits per heavy atom. The second kappa shape index (κ2) is 10.4. The van der Waals surface area contributed by atoms with Crippen LogP contribution in [0.25, 0.3) is 22.2 Å². The van der Waals surface area contributed by atoms with Crippen molar-refractivity contribution in [2.24, 2.45) is 11.7 Å². The van der Waals surface area contributed by atoms with Crippen molar-refractivity contribution in [2.75, 3.05) is 13.1 Å². The Morgan fingerprint density at radius 1 is 1.00 bits per heavy atom. The largest absolute Gasteiger partial charge is 0.416 e. The summed E-state index contributed by atoms with van der Waals surface area (Å²) in [7, 11) is 0. The van der Waals surface area contributed by atoms with E-state index in [0.29, 0.717) is 53.4 Å². The lowest BCUT2D eigenvalue weighted by Crippen LogP contribution is -2.51. The van der Waals surface area contributed by atoms with Gasteiger partial charge in [0.15, 0.2) is 5.83 Å². The van der Waals surface area contributed by atoms with Crippen LogP contribution in [-0.2, 0) is 15.8 Å². The minimum absolute atomic E-state index is 0.123. The van der Waals surface area contributed by atoms with E-state index in [4.69, 9.17) is 5.73 Å². The number of halogens is 4. The van der Waals surface area contributed by atoms with Gasteiger partial charge >= 0.3 is 6.18 Å². The van der Waals surface area contributed by atoms with Gasteiger partial charge in [0.05, 0.1) is 22.7 Å². The van der Waals surface area contributed by atoms with Crippen molar-refractivity contribution in [1.29, 1.82) is 0 Å². The lowest BCUT2D eigenvalue weighted by Gasteiger charge is -2.39. The number of nitrogens with zero attached hydrogens (tertiary/aromatic N) is 3. The maximum Gasteiger partial charge on any atom is 0.416 e. The van der Waals surface area contributed by atoms with Crippen molar-refractivity contribution in [1.82, 2.24) is 20.0 Å². The van der Waals surface area contributed by atoms with Crippen LogP contribution < -0.4 is 11.1 Å². The van der Waals surface area contributed by atoms with Crippen LogP contribution in [0.4, 0.5) is 17.6 Å². The van der Waals surface area contributed by atoms with Gasteiger partial charge in [0.1, 0.15) is 5.69 Å². The average molecular weight is 558 g/mol. The third-order valence-electron chi connectivity index (χ3n) is 7.65. The second-order valence-electron chi connectivity index (χ2n) is 10.3. The van der Waals surface area contributed by atoms with Gasteiger partial charge in [-0.2, -0.15) is 18.3 Å². The minimum atomic E-state index is -4.50. The van der Waals surface area contributed by atoms with E-state index in [-0.39, 0.29) is 36.9 Å². The molecule has 3 N–H and O–H groups in total. The molecule has 0 atom stereocenters. The van der Waals surface area contributed by atoms with Crippen LogP contribution in [0.2, 0.25) is 0 Å². The maximum atomic E-state index is 13.5. The van der Waals surface area contributed by atoms with Gasteiger partial charge in [-0.15, -0.1) is 0 Å². The van der Waals surface area contributed by atoms with Crippen molar-refractivity contribution >= 4 is 28.6 Å². The molecule has 5 rings (SSSR count). The summed E-state index contributed by atoms with van der Waals surface area (Å²) in [6.45, 7) is 3.29. The van der Waals surface area contributed by atoms with E-state index in [1.165, 1.54) is 17.0 Å². The number of aromatic nitrogens is 2. The van der Waals surface area contributed by atoms with Gasteiger partial charge in [-0.3, -0.25) is 19.1 Å². The number of nitrogens with two attached hydrogens (primary N) is 1. The summed E-state index contributed by atoms with van der Waals surface area (Å²) >= 11 is 0. The molecule has 40 heavy (non-hydrogen) atoms. The number of hydrogen-bond donors (Lipinski definition) is 2. The molecule has 1 saturated heterocycles. The number of hydrogen-bond acceptors (Lipinski definition) is 4. The van der Waals surface area contributed by atoms with E-state index in [0.717, 1.165) is 12.1 Å². The number of benzene rings is 2. The number of amides is 3. The second-order valence-corrected chi connectivity index (χ2v) is 10.3. The number of likely N-dealkylation sites (tertiary alicyclic amines) is 1. The molecule has 0 spiro atoms. The maximum absolute atomic E-state index is 13.5. The Balaban J connectivity index is 1.50. The summed E-state index contributed by atoms with van der Waals surface area (Å²) in [5.41, 5.74) is 6.17. The topological polar surface area (TPSA) is 110 Å². The molecule has 1 saturated carbocycles. The Hall–Kier alpha value is -4.22. The van der Waals surface area contributed by atoms with E-state index >= 15 is 0 Å². The molecule has 0 unspecified atom stereocenters. The van der Waals surface area contributed by atoms with E-state index in [1.54, 1.807) is 22.9 Å². The highest BCUT2D eigenvalue weighted by Gasteiger charge is 2.36. The Morgan fingerprint density at radius 2 is 1.65 bits per heavy atom. The molecule has 3 aromatic rings. The quantitative estimate of drug-likeness (QED) is 0.347. The Bertz CT molecular complexity index is 1480. The molecule has 3 amide bonds. The number of fused-ring (bicyclic) bond motifs is 1. The first kappa shape index (κ1) is 27.4. The number of carbonyl (C=O) groups excluding carboxylic acids is 3. The molecule has 1 aliphatic heterocycles. The molecule has 1 aromatic heterocycles. The first-order valence-electron chi connectivity index (χ1n) is 12.9. The van der Waals surface area contributed by atoms with E-state index in [1.807, 2.05) is 0 Å². The van der Waals surface area contributed by atoms with Crippen LogP contribution >= 0.6 is 0 Å². The van der Waals surface area contributed by atoms with Crippen LogP contribution in [0, 0.1) is 5.92 Å². The van der Waals surface area contributed by atoms with Gasteiger partial charge in [0.2, 0.25) is 5.91 Å². The highest BCUT2D eigenvalue weighted by atomic mass is 19.4. The first-order valence-corrected chi connectivity index (χ1v) is 12.9. The smallest absolute Gasteiger partial charge is 0.369 e. The van der Waals surface area contributed by atoms with Crippen molar-refractivity contribution in [2.45, 2.75) is 43.9 Å². The fourth-order valence-electron chi connectivity index (χ4n) is 5.40. The van der Waals surface area contributed by atoms with Crippen LogP contribution in [0.1, 0.15) is 47.6 Å². The van der Waals surface area contributed by atoms with Gasteiger partial charge in [0.25, 0.3) is 11.8 Å². The van der Waals surface area contributed by atoms with Gasteiger partial charge < -0.3 is 16.0 Å². The molecule has 2 aliphatic rings. The summed E-state index contributed by atoms with van der Waals surface area (Å²) < 4.78 is 54.4. The molecule has 2 heterocycles. The fraction of sp³-hybridized carbons (Fsp3) is 0.357. The standard InChI is InChI=1S/C28H27F4N5O3/c1-15(29)27(40)36-13-20(14-36)37-24-21(23(35-37)16-5-9-18(10-6-16)28(30,31)32)3-2-4-22(24)26(39)34-19-11-7-17(8-12-19)25(33)38/h2-6,9-10,17,19-20H,1,7-8,11-14H2,(H2,33,38)(H,34,39). The fourth-order valence-corrected chi connectivity index (χ4v) is 5.40. The zero-order valence-corrected chi connectivity index (χ0v) is 21.4. The number of rotatable bonds is 6. The number of para-hydroxylation sites is 1. The lowest BCUT2D eigenvalue weighted by atomic mass is 9.85. The first-order chi connectivity index (χ1) is 18.9. The average Bonchev–Trinajstić information content (AvgIpc) is 3.27. The number of primary amides is 1. The third kappa shape index (κ3) is 5.17. The molecule has 210 valence electrons. The molecule has 2 aromatic carbocycles. The predicted octanol–water partition coefficient (Wildman–Crippen LogP) is 4.36. The van der Waals surface area contributed by atoms with E-state index in [9.17, 15) is 31.9 Å². The summed E-state index contributed by atoms with van der Waals surface area (Å²) in [4.78, 5) is 38.3. The molecular weight excluding hydrogens is 530 g/mol. The molecule has 0 bridgehead atoms. The van der Waals surface area contributed by atoms with E-state index < -0.39 is 29.5 Å². The zero-order valence-electron chi connectivity index (χ0n) is 21.4. The normalized spacial score (nSPS) is 19.8. The molecule has 0 radical (unpaired) electrons. The van der Waals surface area contributed by atoms with Crippen LogP contribution in [0.5, 0.6) is 0 Å². The number of alkyl halides is 3.